The zero-order valence-electron chi connectivity index (χ0n) is 14.8. The lowest BCUT2D eigenvalue weighted by atomic mass is 9.98. The highest BCUT2D eigenvalue weighted by Gasteiger charge is 2.39. The van der Waals surface area contributed by atoms with E-state index in [-0.39, 0.29) is 18.3 Å². The van der Waals surface area contributed by atoms with Gasteiger partial charge in [0, 0.05) is 25.5 Å². The number of alkyl halides is 3. The number of halogens is 3. The van der Waals surface area contributed by atoms with Crippen molar-refractivity contribution >= 4 is 17.2 Å². The predicted molar refractivity (Wildman–Crippen MR) is 93.4 cm³/mol. The highest BCUT2D eigenvalue weighted by molar-refractivity contribution is 7.16. The molecule has 1 saturated heterocycles. The van der Waals surface area contributed by atoms with Crippen LogP contribution in [0.2, 0.25) is 0 Å². The molecule has 1 atom stereocenters. The highest BCUT2D eigenvalue weighted by atomic mass is 32.1. The molecule has 4 heterocycles. The van der Waals surface area contributed by atoms with Crippen LogP contribution in [-0.4, -0.2) is 43.6 Å². The molecule has 0 unspecified atom stereocenters. The summed E-state index contributed by atoms with van der Waals surface area (Å²) in [5, 5.41) is 7.31. The van der Waals surface area contributed by atoms with Crippen LogP contribution in [0.25, 0.3) is 5.13 Å². The van der Waals surface area contributed by atoms with Crippen molar-refractivity contribution < 1.29 is 22.4 Å². The summed E-state index contributed by atoms with van der Waals surface area (Å²) in [6.07, 6.45) is 0.237. The van der Waals surface area contributed by atoms with Crippen LogP contribution in [0, 0.1) is 6.92 Å². The van der Waals surface area contributed by atoms with Gasteiger partial charge in [0.15, 0.2) is 5.13 Å². The van der Waals surface area contributed by atoms with Gasteiger partial charge in [-0.1, -0.05) is 11.3 Å². The van der Waals surface area contributed by atoms with Crippen molar-refractivity contribution in [3.63, 3.8) is 0 Å². The number of carbonyl (C=O) groups is 1. The van der Waals surface area contributed by atoms with Gasteiger partial charge >= 0.3 is 12.1 Å². The number of amides is 1. The van der Waals surface area contributed by atoms with Crippen molar-refractivity contribution in [3.05, 3.63) is 46.9 Å². The average Bonchev–Trinajstić information content (AvgIpc) is 3.40. The normalized spacial score (nSPS) is 17.9. The number of aromatic nitrogens is 4. The number of hydrogen-bond donors (Lipinski definition) is 0. The van der Waals surface area contributed by atoms with Gasteiger partial charge in [0.2, 0.25) is 5.89 Å². The molecule has 7 nitrogen and oxygen atoms in total. The van der Waals surface area contributed by atoms with E-state index in [0.717, 1.165) is 0 Å². The first-order valence-corrected chi connectivity index (χ1v) is 9.45. The minimum absolute atomic E-state index is 0.0844. The van der Waals surface area contributed by atoms with Crippen molar-refractivity contribution in [1.29, 1.82) is 0 Å². The maximum Gasteiger partial charge on any atom is 0.470 e. The fraction of sp³-hybridized carbons (Fsp3) is 0.412. The maximum absolute atomic E-state index is 13.0. The van der Waals surface area contributed by atoms with Gasteiger partial charge in [-0.25, -0.2) is 4.98 Å². The number of thiazole rings is 1. The Bertz CT molecular complexity index is 979. The van der Waals surface area contributed by atoms with Gasteiger partial charge in [0.1, 0.15) is 4.88 Å². The molecule has 0 aliphatic carbocycles. The zero-order valence-corrected chi connectivity index (χ0v) is 15.6. The zero-order chi connectivity index (χ0) is 19.9. The van der Waals surface area contributed by atoms with Gasteiger partial charge in [-0.2, -0.15) is 13.2 Å². The van der Waals surface area contributed by atoms with Crippen LogP contribution in [0.5, 0.6) is 0 Å². The second-order valence-corrected chi connectivity index (χ2v) is 7.51. The molecular formula is C17H16F3N5O2S. The van der Waals surface area contributed by atoms with E-state index in [2.05, 4.69) is 15.2 Å². The molecule has 0 bridgehead atoms. The number of piperidine rings is 1. The van der Waals surface area contributed by atoms with Crippen LogP contribution >= 0.6 is 11.3 Å². The molecule has 3 aromatic heterocycles. The molecule has 28 heavy (non-hydrogen) atoms. The quantitative estimate of drug-likeness (QED) is 0.657. The molecule has 0 N–H and O–H groups in total. The van der Waals surface area contributed by atoms with E-state index in [1.54, 1.807) is 11.8 Å². The molecule has 1 fully saturated rings. The largest absolute Gasteiger partial charge is 0.470 e. The van der Waals surface area contributed by atoms with E-state index >= 15 is 0 Å². The van der Waals surface area contributed by atoms with Crippen molar-refractivity contribution in [1.82, 2.24) is 24.6 Å². The van der Waals surface area contributed by atoms with Gasteiger partial charge in [-0.3, -0.25) is 4.79 Å². The van der Waals surface area contributed by atoms with Gasteiger partial charge in [0.05, 0.1) is 11.6 Å². The van der Waals surface area contributed by atoms with Gasteiger partial charge in [0.25, 0.3) is 5.91 Å². The maximum atomic E-state index is 13.0. The number of hydrogen-bond acceptors (Lipinski definition) is 6. The summed E-state index contributed by atoms with van der Waals surface area (Å²) in [6.45, 7) is 2.52. The summed E-state index contributed by atoms with van der Waals surface area (Å²) in [5.74, 6) is -2.05. The lowest BCUT2D eigenvalue weighted by Gasteiger charge is -2.30. The van der Waals surface area contributed by atoms with Crippen LogP contribution in [-0.2, 0) is 6.18 Å². The summed E-state index contributed by atoms with van der Waals surface area (Å²) < 4.78 is 44.7. The highest BCUT2D eigenvalue weighted by Crippen LogP contribution is 2.33. The smallest absolute Gasteiger partial charge is 0.417 e. The minimum Gasteiger partial charge on any atom is -0.417 e. The second-order valence-electron chi connectivity index (χ2n) is 6.53. The van der Waals surface area contributed by atoms with E-state index in [1.807, 2.05) is 29.1 Å². The Morgan fingerprint density at radius 1 is 1.29 bits per heavy atom. The fourth-order valence-electron chi connectivity index (χ4n) is 3.17. The Morgan fingerprint density at radius 2 is 2.04 bits per heavy atom. The van der Waals surface area contributed by atoms with E-state index in [9.17, 15) is 18.0 Å². The Morgan fingerprint density at radius 3 is 2.71 bits per heavy atom. The third kappa shape index (κ3) is 3.53. The number of carbonyl (C=O) groups excluding carboxylic acids is 1. The number of rotatable bonds is 3. The Hall–Kier alpha value is -2.69. The van der Waals surface area contributed by atoms with Crippen molar-refractivity contribution in [2.45, 2.75) is 31.9 Å². The molecule has 3 aromatic rings. The first-order chi connectivity index (χ1) is 13.3. The molecule has 1 aliphatic rings. The minimum atomic E-state index is -4.68. The first-order valence-electron chi connectivity index (χ1n) is 8.63. The summed E-state index contributed by atoms with van der Waals surface area (Å²) in [7, 11) is 0. The monoisotopic (exact) mass is 411 g/mol. The lowest BCUT2D eigenvalue weighted by Crippen LogP contribution is -2.39. The van der Waals surface area contributed by atoms with Crippen molar-refractivity contribution in [2.24, 2.45) is 0 Å². The van der Waals surface area contributed by atoms with Crippen molar-refractivity contribution in [3.8, 4) is 5.13 Å². The van der Waals surface area contributed by atoms with Crippen LogP contribution < -0.4 is 0 Å². The Kier molecular flexibility index (Phi) is 4.69. The molecule has 148 valence electrons. The standard InChI is InChI=1S/C17H16F3N5O2S/c1-10-12(28-16(21-10)24-6-2-3-7-24)14(26)25-8-4-5-11(9-25)13-22-23-15(27-13)17(18,19)20/h2-3,6-7,11H,4-5,8-9H2,1H3/t11-/m1/s1. The second kappa shape index (κ2) is 7.04. The molecule has 0 aromatic carbocycles. The molecule has 4 rings (SSSR count). The van der Waals surface area contributed by atoms with E-state index in [4.69, 9.17) is 4.42 Å². The number of nitrogens with zero attached hydrogens (tertiary/aromatic N) is 5. The fourth-order valence-corrected chi connectivity index (χ4v) is 4.18. The van der Waals surface area contributed by atoms with E-state index in [0.29, 0.717) is 35.1 Å². The molecule has 11 heteroatoms. The van der Waals surface area contributed by atoms with E-state index < -0.39 is 18.0 Å². The van der Waals surface area contributed by atoms with Crippen LogP contribution in [0.15, 0.2) is 28.9 Å². The molecule has 1 aliphatic heterocycles. The molecular weight excluding hydrogens is 395 g/mol. The third-order valence-electron chi connectivity index (χ3n) is 4.55. The van der Waals surface area contributed by atoms with Gasteiger partial charge in [-0.15, -0.1) is 10.2 Å². The average molecular weight is 411 g/mol. The molecule has 1 amide bonds. The summed E-state index contributed by atoms with van der Waals surface area (Å²) >= 11 is 1.28. The van der Waals surface area contributed by atoms with Crippen LogP contribution in [0.4, 0.5) is 13.2 Å². The third-order valence-corrected chi connectivity index (χ3v) is 5.70. The topological polar surface area (TPSA) is 77.1 Å². The van der Waals surface area contributed by atoms with Crippen LogP contribution in [0.1, 0.15) is 45.9 Å². The molecule has 0 radical (unpaired) electrons. The Balaban J connectivity index is 1.52. The van der Waals surface area contributed by atoms with Gasteiger partial charge in [-0.05, 0) is 31.9 Å². The number of aryl methyl sites for hydroxylation is 1. The van der Waals surface area contributed by atoms with Crippen LogP contribution in [0.3, 0.4) is 0 Å². The lowest BCUT2D eigenvalue weighted by molar-refractivity contribution is -0.157. The Labute approximate surface area is 161 Å². The number of likely N-dealkylation sites (tertiary alicyclic amines) is 1. The van der Waals surface area contributed by atoms with Crippen molar-refractivity contribution in [2.75, 3.05) is 13.1 Å². The predicted octanol–water partition coefficient (Wildman–Crippen LogP) is 3.66. The molecule has 0 saturated carbocycles. The summed E-state index contributed by atoms with van der Waals surface area (Å²) in [6, 6.07) is 3.74. The molecule has 0 spiro atoms. The summed E-state index contributed by atoms with van der Waals surface area (Å²) in [5.41, 5.74) is 0.623. The SMILES string of the molecule is Cc1nc(-n2cccc2)sc1C(=O)N1CCC[C@@H](c2nnc(C(F)(F)F)o2)C1. The van der Waals surface area contributed by atoms with Gasteiger partial charge < -0.3 is 13.9 Å². The summed E-state index contributed by atoms with van der Waals surface area (Å²) in [4.78, 5) is 19.6. The van der Waals surface area contributed by atoms with E-state index in [1.165, 1.54) is 11.3 Å². The first kappa shape index (κ1) is 18.7.